The fourth-order valence-electron chi connectivity index (χ4n) is 2.59. The molecule has 0 saturated carbocycles. The first-order valence-electron chi connectivity index (χ1n) is 7.00. The van der Waals surface area contributed by atoms with Gasteiger partial charge in [0.15, 0.2) is 0 Å². The van der Waals surface area contributed by atoms with E-state index in [2.05, 4.69) is 5.16 Å². The van der Waals surface area contributed by atoms with Crippen LogP contribution in [0.2, 0.25) is 0 Å². The van der Waals surface area contributed by atoms with Crippen molar-refractivity contribution in [1.82, 2.24) is 0 Å². The highest BCUT2D eigenvalue weighted by Gasteiger charge is 2.17. The Labute approximate surface area is 137 Å². The summed E-state index contributed by atoms with van der Waals surface area (Å²) in [6, 6.07) is 14.0. The van der Waals surface area contributed by atoms with Crippen LogP contribution >= 0.6 is 11.3 Å². The zero-order chi connectivity index (χ0) is 16.4. The second-order valence-corrected chi connectivity index (χ2v) is 6.19. The van der Waals surface area contributed by atoms with Gasteiger partial charge in [0.2, 0.25) is 0 Å². The summed E-state index contributed by atoms with van der Waals surface area (Å²) < 4.78 is 0. The maximum absolute atomic E-state index is 9.70. The molecule has 0 bridgehead atoms. The molecule has 116 valence electrons. The number of rotatable bonds is 3. The van der Waals surface area contributed by atoms with Crippen LogP contribution in [-0.2, 0) is 0 Å². The van der Waals surface area contributed by atoms with Crippen molar-refractivity contribution >= 4 is 17.6 Å². The number of aromatic hydroxyl groups is 2. The Morgan fingerprint density at radius 1 is 0.957 bits per heavy atom. The van der Waals surface area contributed by atoms with Crippen molar-refractivity contribution in [2.45, 2.75) is 6.92 Å². The van der Waals surface area contributed by atoms with Gasteiger partial charge < -0.3 is 15.4 Å². The number of phenolic OH excluding ortho intramolecular Hbond substituents is 2. The van der Waals surface area contributed by atoms with E-state index >= 15 is 0 Å². The number of hydrogen-bond donors (Lipinski definition) is 3. The van der Waals surface area contributed by atoms with Gasteiger partial charge in [-0.05, 0) is 47.9 Å². The summed E-state index contributed by atoms with van der Waals surface area (Å²) in [6.45, 7) is 1.99. The van der Waals surface area contributed by atoms with E-state index in [0.717, 1.165) is 32.0 Å². The quantitative estimate of drug-likeness (QED) is 0.374. The lowest BCUT2D eigenvalue weighted by molar-refractivity contribution is 0.322. The van der Waals surface area contributed by atoms with E-state index in [4.69, 9.17) is 5.21 Å². The molecule has 3 rings (SSSR count). The Balaban J connectivity index is 2.21. The van der Waals surface area contributed by atoms with Gasteiger partial charge in [0, 0.05) is 10.4 Å². The van der Waals surface area contributed by atoms with Crippen molar-refractivity contribution in [2.75, 3.05) is 0 Å². The second-order valence-electron chi connectivity index (χ2n) is 5.14. The predicted octanol–water partition coefficient (Wildman–Crippen LogP) is 4.61. The highest BCUT2D eigenvalue weighted by atomic mass is 32.1. The van der Waals surface area contributed by atoms with Crippen molar-refractivity contribution in [3.05, 3.63) is 59.0 Å². The number of nitrogens with zero attached hydrogens (tertiary/aromatic N) is 1. The third-order valence-electron chi connectivity index (χ3n) is 3.61. The van der Waals surface area contributed by atoms with Crippen LogP contribution in [0.4, 0.5) is 0 Å². The van der Waals surface area contributed by atoms with E-state index in [1.54, 1.807) is 30.3 Å². The number of thiophene rings is 1. The zero-order valence-electron chi connectivity index (χ0n) is 12.4. The molecule has 0 saturated heterocycles. The van der Waals surface area contributed by atoms with Crippen LogP contribution in [0.25, 0.3) is 21.6 Å². The monoisotopic (exact) mass is 325 g/mol. The van der Waals surface area contributed by atoms with E-state index in [0.29, 0.717) is 0 Å². The molecule has 23 heavy (non-hydrogen) atoms. The number of oxime groups is 1. The van der Waals surface area contributed by atoms with E-state index in [1.165, 1.54) is 17.6 Å². The lowest BCUT2D eigenvalue weighted by Gasteiger charge is -2.05. The van der Waals surface area contributed by atoms with Gasteiger partial charge in [-0.2, -0.15) is 0 Å². The van der Waals surface area contributed by atoms with Gasteiger partial charge >= 0.3 is 0 Å². The number of benzene rings is 2. The van der Waals surface area contributed by atoms with Gasteiger partial charge in [-0.3, -0.25) is 0 Å². The minimum absolute atomic E-state index is 0.201. The lowest BCUT2D eigenvalue weighted by Crippen LogP contribution is -1.85. The first kappa shape index (κ1) is 15.1. The molecule has 0 aliphatic rings. The molecule has 4 nitrogen and oxygen atoms in total. The lowest BCUT2D eigenvalue weighted by atomic mass is 9.99. The molecular formula is C18H15NO3S. The van der Waals surface area contributed by atoms with Crippen molar-refractivity contribution in [1.29, 1.82) is 0 Å². The molecule has 0 aliphatic carbocycles. The van der Waals surface area contributed by atoms with E-state index < -0.39 is 0 Å². The molecule has 0 unspecified atom stereocenters. The van der Waals surface area contributed by atoms with Crippen LogP contribution in [0, 0.1) is 6.92 Å². The molecule has 0 amide bonds. The van der Waals surface area contributed by atoms with E-state index in [1.807, 2.05) is 25.1 Å². The molecule has 5 heteroatoms. The Kier molecular flexibility index (Phi) is 4.04. The Hall–Kier alpha value is -2.79. The minimum atomic E-state index is 0.201. The van der Waals surface area contributed by atoms with Crippen molar-refractivity contribution in [2.24, 2.45) is 5.16 Å². The van der Waals surface area contributed by atoms with Crippen LogP contribution in [0.15, 0.2) is 53.7 Å². The maximum Gasteiger partial charge on any atom is 0.116 e. The number of hydrogen-bond acceptors (Lipinski definition) is 5. The molecule has 0 spiro atoms. The summed E-state index contributed by atoms with van der Waals surface area (Å²) in [6.07, 6.45) is 1.41. The molecule has 3 N–H and O–H groups in total. The first-order valence-corrected chi connectivity index (χ1v) is 7.81. The van der Waals surface area contributed by atoms with Crippen LogP contribution in [0.3, 0.4) is 0 Å². The van der Waals surface area contributed by atoms with Crippen LogP contribution in [-0.4, -0.2) is 21.6 Å². The summed E-state index contributed by atoms with van der Waals surface area (Å²) >= 11 is 1.49. The summed E-state index contributed by atoms with van der Waals surface area (Å²) in [5.74, 6) is 0.408. The minimum Gasteiger partial charge on any atom is -0.508 e. The summed E-state index contributed by atoms with van der Waals surface area (Å²) in [5, 5.41) is 31.3. The van der Waals surface area contributed by atoms with Gasteiger partial charge in [0.05, 0.1) is 11.1 Å². The van der Waals surface area contributed by atoms with Gasteiger partial charge in [-0.15, -0.1) is 11.3 Å². The molecule has 0 atom stereocenters. The first-order chi connectivity index (χ1) is 11.1. The Morgan fingerprint density at radius 3 is 2.35 bits per heavy atom. The second kappa shape index (κ2) is 6.14. The summed E-state index contributed by atoms with van der Waals surface area (Å²) in [7, 11) is 0. The van der Waals surface area contributed by atoms with E-state index in [9.17, 15) is 10.2 Å². The van der Waals surface area contributed by atoms with Crippen molar-refractivity contribution < 1.29 is 15.4 Å². The maximum atomic E-state index is 9.70. The highest BCUT2D eigenvalue weighted by Crippen LogP contribution is 2.42. The molecule has 0 fully saturated rings. The van der Waals surface area contributed by atoms with Gasteiger partial charge in [-0.1, -0.05) is 29.4 Å². The SMILES string of the molecule is Cc1c(-c2cccc(O)c2)sc(/C=N/O)c1-c1ccc(O)cc1. The smallest absolute Gasteiger partial charge is 0.116 e. The fraction of sp³-hybridized carbons (Fsp3) is 0.0556. The molecule has 0 aliphatic heterocycles. The largest absolute Gasteiger partial charge is 0.508 e. The average Bonchev–Trinajstić information content (AvgIpc) is 2.85. The highest BCUT2D eigenvalue weighted by molar-refractivity contribution is 7.18. The molecule has 1 heterocycles. The topological polar surface area (TPSA) is 73.1 Å². The number of phenols is 2. The zero-order valence-corrected chi connectivity index (χ0v) is 13.2. The van der Waals surface area contributed by atoms with Crippen LogP contribution in [0.5, 0.6) is 11.5 Å². The average molecular weight is 325 g/mol. The Bertz CT molecular complexity index is 866. The van der Waals surface area contributed by atoms with Crippen LogP contribution < -0.4 is 0 Å². The molecular weight excluding hydrogens is 310 g/mol. The Morgan fingerprint density at radius 2 is 1.70 bits per heavy atom. The van der Waals surface area contributed by atoms with Crippen molar-refractivity contribution in [3.8, 4) is 33.1 Å². The van der Waals surface area contributed by atoms with Gasteiger partial charge in [0.1, 0.15) is 11.5 Å². The van der Waals surface area contributed by atoms with Gasteiger partial charge in [-0.25, -0.2) is 0 Å². The predicted molar refractivity (Wildman–Crippen MR) is 92.6 cm³/mol. The summed E-state index contributed by atoms with van der Waals surface area (Å²) in [4.78, 5) is 1.81. The third kappa shape index (κ3) is 2.91. The molecule has 2 aromatic carbocycles. The normalized spacial score (nSPS) is 11.2. The van der Waals surface area contributed by atoms with Crippen molar-refractivity contribution in [3.63, 3.8) is 0 Å². The fourth-order valence-corrected chi connectivity index (χ4v) is 3.78. The van der Waals surface area contributed by atoms with E-state index in [-0.39, 0.29) is 11.5 Å². The molecule has 3 aromatic rings. The molecule has 0 radical (unpaired) electrons. The summed E-state index contributed by atoms with van der Waals surface area (Å²) in [5.41, 5.74) is 3.82. The standard InChI is InChI=1S/C18H15NO3S/c1-11-17(12-5-7-14(20)8-6-12)16(10-19-22)23-18(11)13-3-2-4-15(21)9-13/h2-10,20-22H,1H3/b19-10+. The van der Waals surface area contributed by atoms with Crippen LogP contribution in [0.1, 0.15) is 10.4 Å². The third-order valence-corrected chi connectivity index (χ3v) is 4.89. The van der Waals surface area contributed by atoms with Gasteiger partial charge in [0.25, 0.3) is 0 Å². The molecule has 1 aromatic heterocycles.